The quantitative estimate of drug-likeness (QED) is 0.776. The molecule has 112 valence electrons. The number of hydrogen-bond donors (Lipinski definition) is 2. The summed E-state index contributed by atoms with van der Waals surface area (Å²) < 4.78 is 11.7. The van der Waals surface area contributed by atoms with Crippen LogP contribution in [0.3, 0.4) is 0 Å². The fraction of sp³-hybridized carbons (Fsp3) is 0.923. The van der Waals surface area contributed by atoms with Gasteiger partial charge in [0.2, 0.25) is 0 Å². The zero-order valence-electron chi connectivity index (χ0n) is 12.7. The third kappa shape index (κ3) is 4.87. The molecule has 2 unspecified atom stereocenters. The second-order valence-corrected chi connectivity index (χ2v) is 11.4. The van der Waals surface area contributed by atoms with Crippen LogP contribution in [-0.4, -0.2) is 51.3 Å². The van der Waals surface area contributed by atoms with Gasteiger partial charge in [-0.15, -0.1) is 0 Å². The van der Waals surface area contributed by atoms with E-state index in [0.717, 1.165) is 6.42 Å². The molecule has 0 aromatic heterocycles. The van der Waals surface area contributed by atoms with E-state index in [1.54, 1.807) is 0 Å². The molecule has 2 atom stereocenters. The van der Waals surface area contributed by atoms with Crippen LogP contribution in [0.2, 0.25) is 18.1 Å². The number of hydrogen-bond acceptors (Lipinski definition) is 4. The van der Waals surface area contributed by atoms with Crippen molar-refractivity contribution in [3.8, 4) is 0 Å². The van der Waals surface area contributed by atoms with Gasteiger partial charge in [0, 0.05) is 13.1 Å². The molecule has 5 nitrogen and oxygen atoms in total. The molecule has 6 heteroatoms. The summed E-state index contributed by atoms with van der Waals surface area (Å²) in [5.74, 6) is -0.906. The minimum atomic E-state index is -1.78. The van der Waals surface area contributed by atoms with Crippen molar-refractivity contribution in [2.24, 2.45) is 0 Å². The highest BCUT2D eigenvalue weighted by atomic mass is 28.4. The van der Waals surface area contributed by atoms with E-state index in [1.807, 2.05) is 0 Å². The number of ether oxygens (including phenoxy) is 1. The molecule has 1 saturated heterocycles. The summed E-state index contributed by atoms with van der Waals surface area (Å²) in [5.41, 5.74) is 0. The molecule has 0 aliphatic carbocycles. The second-order valence-electron chi connectivity index (χ2n) is 6.64. The van der Waals surface area contributed by atoms with E-state index in [0.29, 0.717) is 19.7 Å². The van der Waals surface area contributed by atoms with Gasteiger partial charge in [0.05, 0.1) is 12.7 Å². The summed E-state index contributed by atoms with van der Waals surface area (Å²) in [7, 11) is -1.78. The van der Waals surface area contributed by atoms with Gasteiger partial charge in [-0.05, 0) is 24.6 Å². The van der Waals surface area contributed by atoms with Crippen LogP contribution in [0.15, 0.2) is 0 Å². The first-order valence-corrected chi connectivity index (χ1v) is 9.77. The smallest absolute Gasteiger partial charge is 0.334 e. The first kappa shape index (κ1) is 16.6. The van der Waals surface area contributed by atoms with Crippen LogP contribution in [0.25, 0.3) is 0 Å². The van der Waals surface area contributed by atoms with E-state index < -0.39 is 20.4 Å². The number of carboxylic acid groups (broad SMARTS) is 1. The molecule has 0 spiro atoms. The van der Waals surface area contributed by atoms with Crippen molar-refractivity contribution in [2.75, 3.05) is 19.7 Å². The molecule has 1 aliphatic rings. The molecule has 0 amide bonds. The molecule has 0 aromatic rings. The summed E-state index contributed by atoms with van der Waals surface area (Å²) in [6.45, 7) is 12.6. The van der Waals surface area contributed by atoms with Gasteiger partial charge >= 0.3 is 5.97 Å². The molecule has 0 bridgehead atoms. The van der Waals surface area contributed by atoms with Crippen molar-refractivity contribution in [3.63, 3.8) is 0 Å². The van der Waals surface area contributed by atoms with Gasteiger partial charge in [0.1, 0.15) is 0 Å². The molecule has 1 aliphatic heterocycles. The number of nitrogens with one attached hydrogen (secondary N) is 1. The van der Waals surface area contributed by atoms with E-state index in [4.69, 9.17) is 14.3 Å². The Labute approximate surface area is 116 Å². The summed E-state index contributed by atoms with van der Waals surface area (Å²) in [6, 6.07) is 0. The van der Waals surface area contributed by atoms with Gasteiger partial charge in [0.25, 0.3) is 0 Å². The van der Waals surface area contributed by atoms with Crippen LogP contribution in [0.1, 0.15) is 27.2 Å². The SMILES string of the molecule is CC(C)(C)[Si](C)(C)OC1CCOC(C(=O)O)CNC1. The first-order chi connectivity index (χ1) is 8.63. The maximum absolute atomic E-state index is 10.9. The van der Waals surface area contributed by atoms with Gasteiger partial charge in [-0.1, -0.05) is 20.8 Å². The molecular formula is C13H27NO4Si. The molecule has 0 aromatic carbocycles. The van der Waals surface area contributed by atoms with Gasteiger partial charge in [-0.25, -0.2) is 4.79 Å². The maximum atomic E-state index is 10.9. The average Bonchev–Trinajstić information content (AvgIpc) is 2.19. The normalized spacial score (nSPS) is 26.6. The second kappa shape index (κ2) is 6.34. The third-order valence-electron chi connectivity index (χ3n) is 4.00. The van der Waals surface area contributed by atoms with E-state index in [9.17, 15) is 4.79 Å². The van der Waals surface area contributed by atoms with E-state index in [2.05, 4.69) is 39.2 Å². The predicted octanol–water partition coefficient (Wildman–Crippen LogP) is 1.84. The highest BCUT2D eigenvalue weighted by molar-refractivity contribution is 6.74. The highest BCUT2D eigenvalue weighted by Gasteiger charge is 2.39. The lowest BCUT2D eigenvalue weighted by molar-refractivity contribution is -0.151. The maximum Gasteiger partial charge on any atom is 0.334 e. The van der Waals surface area contributed by atoms with Crippen molar-refractivity contribution in [1.29, 1.82) is 0 Å². The Balaban J connectivity index is 2.52. The Hall–Kier alpha value is -0.433. The highest BCUT2D eigenvalue weighted by Crippen LogP contribution is 2.37. The molecule has 1 fully saturated rings. The van der Waals surface area contributed by atoms with Crippen LogP contribution >= 0.6 is 0 Å². The van der Waals surface area contributed by atoms with Crippen LogP contribution in [-0.2, 0) is 14.0 Å². The Bertz CT molecular complexity index is 304. The molecule has 2 N–H and O–H groups in total. The zero-order valence-corrected chi connectivity index (χ0v) is 13.7. The van der Waals surface area contributed by atoms with Gasteiger partial charge in [0.15, 0.2) is 14.4 Å². The largest absolute Gasteiger partial charge is 0.479 e. The summed E-state index contributed by atoms with van der Waals surface area (Å²) in [6.07, 6.45) is 0.105. The number of carboxylic acids is 1. The summed E-state index contributed by atoms with van der Waals surface area (Å²) in [5, 5.41) is 12.2. The van der Waals surface area contributed by atoms with Crippen molar-refractivity contribution in [2.45, 2.75) is 57.5 Å². The minimum Gasteiger partial charge on any atom is -0.479 e. The van der Waals surface area contributed by atoms with E-state index in [-0.39, 0.29) is 11.1 Å². The Kier molecular flexibility index (Phi) is 5.55. The molecule has 0 saturated carbocycles. The standard InChI is InChI=1S/C13H27NO4Si/c1-13(2,3)19(4,5)18-10-6-7-17-11(12(15)16)9-14-8-10/h10-11,14H,6-9H2,1-5H3,(H,15,16). The summed E-state index contributed by atoms with van der Waals surface area (Å²) in [4.78, 5) is 10.9. The lowest BCUT2D eigenvalue weighted by Crippen LogP contribution is -2.49. The number of rotatable bonds is 3. The minimum absolute atomic E-state index is 0.107. The van der Waals surface area contributed by atoms with Crippen molar-refractivity contribution < 1.29 is 19.1 Å². The van der Waals surface area contributed by atoms with E-state index >= 15 is 0 Å². The fourth-order valence-electron chi connectivity index (χ4n) is 1.73. The summed E-state index contributed by atoms with van der Waals surface area (Å²) >= 11 is 0. The Morgan fingerprint density at radius 1 is 1.37 bits per heavy atom. The van der Waals surface area contributed by atoms with E-state index in [1.165, 1.54) is 0 Å². The predicted molar refractivity (Wildman–Crippen MR) is 76.9 cm³/mol. The lowest BCUT2D eigenvalue weighted by atomic mass is 10.2. The lowest BCUT2D eigenvalue weighted by Gasteiger charge is -2.40. The molecule has 0 radical (unpaired) electrons. The van der Waals surface area contributed by atoms with Crippen LogP contribution < -0.4 is 5.32 Å². The number of aliphatic carboxylic acids is 1. The Morgan fingerprint density at radius 2 is 2.00 bits per heavy atom. The molecule has 19 heavy (non-hydrogen) atoms. The van der Waals surface area contributed by atoms with Crippen LogP contribution in [0, 0.1) is 0 Å². The van der Waals surface area contributed by atoms with Crippen LogP contribution in [0.4, 0.5) is 0 Å². The van der Waals surface area contributed by atoms with Crippen LogP contribution in [0.5, 0.6) is 0 Å². The van der Waals surface area contributed by atoms with Crippen molar-refractivity contribution in [3.05, 3.63) is 0 Å². The van der Waals surface area contributed by atoms with Crippen molar-refractivity contribution in [1.82, 2.24) is 5.32 Å². The monoisotopic (exact) mass is 289 g/mol. The third-order valence-corrected chi connectivity index (χ3v) is 8.54. The van der Waals surface area contributed by atoms with Crippen molar-refractivity contribution >= 4 is 14.3 Å². The molecule has 1 heterocycles. The molecule has 1 rings (SSSR count). The topological polar surface area (TPSA) is 67.8 Å². The zero-order chi connectivity index (χ0) is 14.7. The number of carbonyl (C=O) groups is 1. The fourth-order valence-corrected chi connectivity index (χ4v) is 3.12. The Morgan fingerprint density at radius 3 is 2.53 bits per heavy atom. The molecular weight excluding hydrogens is 262 g/mol. The van der Waals surface area contributed by atoms with Gasteiger partial charge < -0.3 is 19.6 Å². The van der Waals surface area contributed by atoms with Gasteiger partial charge in [-0.3, -0.25) is 0 Å². The average molecular weight is 289 g/mol. The van der Waals surface area contributed by atoms with Gasteiger partial charge in [-0.2, -0.15) is 0 Å². The first-order valence-electron chi connectivity index (χ1n) is 6.86.